The highest BCUT2D eigenvalue weighted by Gasteiger charge is 2.19. The van der Waals surface area contributed by atoms with E-state index in [-0.39, 0.29) is 11.5 Å². The molecule has 0 amide bonds. The van der Waals surface area contributed by atoms with Crippen LogP contribution in [0.4, 0.5) is 0 Å². The van der Waals surface area contributed by atoms with E-state index in [2.05, 4.69) is 31.9 Å². The summed E-state index contributed by atoms with van der Waals surface area (Å²) in [6, 6.07) is 20.0. The van der Waals surface area contributed by atoms with Crippen molar-refractivity contribution in [3.8, 4) is 11.5 Å². The largest absolute Gasteiger partial charge is 0.507 e. The van der Waals surface area contributed by atoms with Crippen molar-refractivity contribution in [3.63, 3.8) is 0 Å². The maximum Gasteiger partial charge on any atom is 0.131 e. The molecule has 0 spiro atoms. The molecule has 0 unspecified atom stereocenters. The highest BCUT2D eigenvalue weighted by Crippen LogP contribution is 2.48. The molecule has 0 heterocycles. The van der Waals surface area contributed by atoms with Crippen LogP contribution in [0.3, 0.4) is 0 Å². The first-order valence-corrected chi connectivity index (χ1v) is 10.5. The van der Waals surface area contributed by atoms with Crippen molar-refractivity contribution in [2.24, 2.45) is 0 Å². The number of hydrogen-bond donors (Lipinski definition) is 2. The van der Waals surface area contributed by atoms with Gasteiger partial charge in [0.25, 0.3) is 0 Å². The summed E-state index contributed by atoms with van der Waals surface area (Å²) in [6.45, 7) is 0. The molecule has 6 rings (SSSR count). The summed E-state index contributed by atoms with van der Waals surface area (Å²) in [5.74, 6) is 0.544. The molecule has 0 atom stereocenters. The topological polar surface area (TPSA) is 40.5 Å². The fraction of sp³-hybridized carbons (Fsp3) is 0. The van der Waals surface area contributed by atoms with Gasteiger partial charge in [-0.3, -0.25) is 0 Å². The van der Waals surface area contributed by atoms with Crippen molar-refractivity contribution in [3.05, 3.63) is 69.6 Å². The van der Waals surface area contributed by atoms with Gasteiger partial charge in [-0.2, -0.15) is 0 Å². The Labute approximate surface area is 176 Å². The van der Waals surface area contributed by atoms with E-state index >= 15 is 0 Å². The van der Waals surface area contributed by atoms with Crippen LogP contribution in [0.5, 0.6) is 11.5 Å². The molecular weight excluding hydrogens is 480 g/mol. The van der Waals surface area contributed by atoms with Crippen LogP contribution >= 0.6 is 31.9 Å². The summed E-state index contributed by atoms with van der Waals surface area (Å²) >= 11 is 7.01. The molecule has 134 valence electrons. The number of halogens is 2. The summed E-state index contributed by atoms with van der Waals surface area (Å²) < 4.78 is 1.86. The lowest BCUT2D eigenvalue weighted by atomic mass is 9.88. The number of fused-ring (bicyclic) bond motifs is 4. The molecule has 0 fully saturated rings. The summed E-state index contributed by atoms with van der Waals surface area (Å²) in [7, 11) is 0. The normalized spacial score (nSPS) is 12.2. The molecule has 0 aromatic heterocycles. The van der Waals surface area contributed by atoms with E-state index in [0.29, 0.717) is 0 Å². The zero-order chi connectivity index (χ0) is 19.2. The van der Waals surface area contributed by atoms with Gasteiger partial charge < -0.3 is 10.2 Å². The average molecular weight is 492 g/mol. The third-order valence-corrected chi connectivity index (χ3v) is 6.71. The van der Waals surface area contributed by atoms with E-state index < -0.39 is 0 Å². The monoisotopic (exact) mass is 490 g/mol. The fourth-order valence-corrected chi connectivity index (χ4v) is 5.25. The van der Waals surface area contributed by atoms with Crippen LogP contribution in [-0.2, 0) is 0 Å². The smallest absolute Gasteiger partial charge is 0.131 e. The number of hydrogen-bond acceptors (Lipinski definition) is 2. The first-order valence-electron chi connectivity index (χ1n) is 8.87. The van der Waals surface area contributed by atoms with Crippen LogP contribution in [0.1, 0.15) is 0 Å². The van der Waals surface area contributed by atoms with Gasteiger partial charge in [0, 0.05) is 41.3 Å². The number of rotatable bonds is 0. The van der Waals surface area contributed by atoms with Crippen LogP contribution in [0.15, 0.2) is 69.6 Å². The van der Waals surface area contributed by atoms with E-state index in [1.165, 1.54) is 0 Å². The van der Waals surface area contributed by atoms with Crippen LogP contribution in [-0.4, -0.2) is 10.2 Å². The standard InChI is InChI=1S/C24H12Br2O2/c25-11-1-3-13-15-5-7-18-22-16(14-4-2-12(26)10-20(14)24(18)28)6-8-17(21(15)22)23(27)19(13)9-11/h1-10,27-28H. The minimum Gasteiger partial charge on any atom is -0.507 e. The molecule has 6 aromatic carbocycles. The minimum atomic E-state index is 0.272. The van der Waals surface area contributed by atoms with Gasteiger partial charge >= 0.3 is 0 Å². The number of aromatic hydroxyl groups is 2. The maximum atomic E-state index is 11.0. The van der Waals surface area contributed by atoms with E-state index in [1.54, 1.807) is 0 Å². The average Bonchev–Trinajstić information content (AvgIpc) is 2.70. The maximum absolute atomic E-state index is 11.0. The van der Waals surface area contributed by atoms with E-state index in [0.717, 1.165) is 62.8 Å². The lowest BCUT2D eigenvalue weighted by Crippen LogP contribution is -1.89. The second kappa shape index (κ2) is 5.49. The zero-order valence-corrected chi connectivity index (χ0v) is 17.6. The Balaban J connectivity index is 1.98. The second-order valence-electron chi connectivity index (χ2n) is 7.15. The molecule has 4 heteroatoms. The number of benzene rings is 6. The summed E-state index contributed by atoms with van der Waals surface area (Å²) in [5, 5.41) is 31.4. The fourth-order valence-electron chi connectivity index (χ4n) is 4.52. The Morgan fingerprint density at radius 2 is 0.786 bits per heavy atom. The minimum absolute atomic E-state index is 0.272. The molecule has 0 radical (unpaired) electrons. The van der Waals surface area contributed by atoms with Gasteiger partial charge in [-0.1, -0.05) is 56.1 Å². The van der Waals surface area contributed by atoms with Gasteiger partial charge in [0.2, 0.25) is 0 Å². The van der Waals surface area contributed by atoms with Gasteiger partial charge in [-0.25, -0.2) is 0 Å². The molecular formula is C24H12Br2O2. The van der Waals surface area contributed by atoms with E-state index in [1.807, 2.05) is 60.7 Å². The number of phenolic OH excluding ortho intramolecular Hbond substituents is 2. The van der Waals surface area contributed by atoms with Crippen molar-refractivity contribution in [2.45, 2.75) is 0 Å². The quantitative estimate of drug-likeness (QED) is 0.168. The van der Waals surface area contributed by atoms with Crippen LogP contribution in [0, 0.1) is 0 Å². The van der Waals surface area contributed by atoms with Crippen molar-refractivity contribution in [1.82, 2.24) is 0 Å². The highest BCUT2D eigenvalue weighted by molar-refractivity contribution is 9.10. The number of phenols is 2. The summed E-state index contributed by atoms with van der Waals surface area (Å²) in [4.78, 5) is 0. The lowest BCUT2D eigenvalue weighted by molar-refractivity contribution is 0.487. The highest BCUT2D eigenvalue weighted by atomic mass is 79.9. The van der Waals surface area contributed by atoms with Crippen LogP contribution < -0.4 is 0 Å². The van der Waals surface area contributed by atoms with E-state index in [9.17, 15) is 10.2 Å². The van der Waals surface area contributed by atoms with Crippen molar-refractivity contribution in [1.29, 1.82) is 0 Å². The van der Waals surface area contributed by atoms with Gasteiger partial charge in [0.05, 0.1) is 0 Å². The van der Waals surface area contributed by atoms with Crippen LogP contribution in [0.25, 0.3) is 53.9 Å². The molecule has 28 heavy (non-hydrogen) atoms. The van der Waals surface area contributed by atoms with Gasteiger partial charge in [0.1, 0.15) is 11.5 Å². The second-order valence-corrected chi connectivity index (χ2v) is 8.98. The van der Waals surface area contributed by atoms with E-state index in [4.69, 9.17) is 0 Å². The van der Waals surface area contributed by atoms with Gasteiger partial charge in [-0.15, -0.1) is 0 Å². The first kappa shape index (κ1) is 16.4. The molecule has 6 aromatic rings. The Morgan fingerprint density at radius 1 is 0.429 bits per heavy atom. The Hall–Kier alpha value is -2.56. The molecule has 0 aliphatic rings. The molecule has 0 saturated carbocycles. The molecule has 2 N–H and O–H groups in total. The predicted molar refractivity (Wildman–Crippen MR) is 124 cm³/mol. The van der Waals surface area contributed by atoms with Gasteiger partial charge in [0.15, 0.2) is 0 Å². The zero-order valence-electron chi connectivity index (χ0n) is 14.4. The Morgan fingerprint density at radius 3 is 1.21 bits per heavy atom. The third kappa shape index (κ3) is 1.97. The van der Waals surface area contributed by atoms with Crippen molar-refractivity contribution < 1.29 is 10.2 Å². The van der Waals surface area contributed by atoms with Crippen molar-refractivity contribution >= 4 is 85.7 Å². The summed E-state index contributed by atoms with van der Waals surface area (Å²) in [6.07, 6.45) is 0. The van der Waals surface area contributed by atoms with Crippen molar-refractivity contribution in [2.75, 3.05) is 0 Å². The Bertz CT molecular complexity index is 1480. The Kier molecular flexibility index (Phi) is 3.22. The molecule has 0 saturated heterocycles. The molecule has 0 aliphatic carbocycles. The predicted octanol–water partition coefficient (Wildman–Crippen LogP) is 7.83. The molecule has 2 nitrogen and oxygen atoms in total. The third-order valence-electron chi connectivity index (χ3n) is 5.72. The first-order chi connectivity index (χ1) is 13.5. The SMILES string of the molecule is Oc1c2cc(Br)ccc2c2ccc3c(O)c4cc(Br)ccc4c4ccc1c2c34. The lowest BCUT2D eigenvalue weighted by Gasteiger charge is -2.17. The van der Waals surface area contributed by atoms with Crippen LogP contribution in [0.2, 0.25) is 0 Å². The summed E-state index contributed by atoms with van der Waals surface area (Å²) in [5.41, 5.74) is 0. The molecule has 0 bridgehead atoms. The molecule has 0 aliphatic heterocycles. The van der Waals surface area contributed by atoms with Gasteiger partial charge in [-0.05, 0) is 57.9 Å².